The normalized spacial score (nSPS) is 19.1. The Bertz CT molecular complexity index is 983. The summed E-state index contributed by atoms with van der Waals surface area (Å²) in [7, 11) is 0. The van der Waals surface area contributed by atoms with E-state index in [2.05, 4.69) is 21.0 Å². The molecule has 0 bridgehead atoms. The molecule has 1 heterocycles. The molecular weight excluding hydrogens is 465 g/mol. The van der Waals surface area contributed by atoms with E-state index in [9.17, 15) is 23.1 Å². The minimum atomic E-state index is -5.10. The zero-order valence-electron chi connectivity index (χ0n) is 16.5. The van der Waals surface area contributed by atoms with E-state index in [1.165, 1.54) is 0 Å². The van der Waals surface area contributed by atoms with Crippen LogP contribution in [0.3, 0.4) is 0 Å². The first-order chi connectivity index (χ1) is 13.9. The van der Waals surface area contributed by atoms with E-state index in [4.69, 9.17) is 4.74 Å². The van der Waals surface area contributed by atoms with E-state index >= 15 is 0 Å². The third kappa shape index (κ3) is 4.22. The van der Waals surface area contributed by atoms with Crippen molar-refractivity contribution in [2.75, 3.05) is 6.61 Å². The van der Waals surface area contributed by atoms with Crippen molar-refractivity contribution in [2.45, 2.75) is 39.1 Å². The number of halogens is 4. The van der Waals surface area contributed by atoms with Crippen LogP contribution in [0.2, 0.25) is 0 Å². The number of rotatable bonds is 4. The standard InChI is InChI=1S/C21H20BrF3N2O3/c1-12-8-13(2)19(14(3)9-12)30-11-18(28)27-20(29,21(23,24)25)10-17(26-27)15-4-6-16(22)7-5-15/h4-9,29H,10-11H2,1-3H3/t20-/m0/s1. The number of amides is 1. The van der Waals surface area contributed by atoms with E-state index in [1.807, 2.05) is 19.1 Å². The van der Waals surface area contributed by atoms with Gasteiger partial charge in [0.15, 0.2) is 6.61 Å². The summed E-state index contributed by atoms with van der Waals surface area (Å²) < 4.78 is 47.3. The average Bonchev–Trinajstić information content (AvgIpc) is 3.00. The minimum Gasteiger partial charge on any atom is -0.483 e. The highest BCUT2D eigenvalue weighted by Gasteiger charge is 2.63. The van der Waals surface area contributed by atoms with Crippen molar-refractivity contribution in [3.05, 3.63) is 63.1 Å². The van der Waals surface area contributed by atoms with Crippen LogP contribution in [0.4, 0.5) is 13.2 Å². The van der Waals surface area contributed by atoms with Gasteiger partial charge in [-0.15, -0.1) is 0 Å². The number of aliphatic hydroxyl groups is 1. The molecule has 2 aromatic carbocycles. The Hall–Kier alpha value is -2.39. The third-order valence-electron chi connectivity index (χ3n) is 4.80. The second-order valence-electron chi connectivity index (χ2n) is 7.27. The first kappa shape index (κ1) is 22.3. The lowest BCUT2D eigenvalue weighted by Gasteiger charge is -2.32. The van der Waals surface area contributed by atoms with Crippen molar-refractivity contribution >= 4 is 27.5 Å². The fourth-order valence-corrected chi connectivity index (χ4v) is 3.69. The monoisotopic (exact) mass is 484 g/mol. The van der Waals surface area contributed by atoms with Gasteiger partial charge < -0.3 is 9.84 Å². The van der Waals surface area contributed by atoms with Crippen LogP contribution in [-0.4, -0.2) is 40.2 Å². The Morgan fingerprint density at radius 1 is 1.20 bits per heavy atom. The Morgan fingerprint density at radius 2 is 1.77 bits per heavy atom. The molecular formula is C21H20BrF3N2O3. The van der Waals surface area contributed by atoms with Gasteiger partial charge in [-0.3, -0.25) is 4.79 Å². The predicted octanol–water partition coefficient (Wildman–Crippen LogP) is 4.64. The number of carbonyl (C=O) groups excluding carboxylic acids is 1. The molecule has 9 heteroatoms. The summed E-state index contributed by atoms with van der Waals surface area (Å²) in [4.78, 5) is 12.6. The molecule has 0 unspecified atom stereocenters. The zero-order valence-corrected chi connectivity index (χ0v) is 18.1. The average molecular weight is 485 g/mol. The smallest absolute Gasteiger partial charge is 0.438 e. The van der Waals surface area contributed by atoms with Crippen molar-refractivity contribution in [3.63, 3.8) is 0 Å². The molecule has 1 amide bonds. The minimum absolute atomic E-state index is 0.0432. The lowest BCUT2D eigenvalue weighted by Crippen LogP contribution is -2.57. The number of hydrazone groups is 1. The summed E-state index contributed by atoms with van der Waals surface area (Å²) in [6.07, 6.45) is -5.97. The van der Waals surface area contributed by atoms with Crippen molar-refractivity contribution in [1.82, 2.24) is 5.01 Å². The van der Waals surface area contributed by atoms with Crippen LogP contribution in [-0.2, 0) is 4.79 Å². The molecule has 1 aliphatic heterocycles. The molecule has 160 valence electrons. The number of carbonyl (C=O) groups is 1. The molecule has 0 aliphatic carbocycles. The molecule has 0 radical (unpaired) electrons. The topological polar surface area (TPSA) is 62.1 Å². The van der Waals surface area contributed by atoms with E-state index in [-0.39, 0.29) is 10.7 Å². The summed E-state index contributed by atoms with van der Waals surface area (Å²) in [5.41, 5.74) is -0.592. The second-order valence-corrected chi connectivity index (χ2v) is 8.18. The Labute approximate surface area is 180 Å². The first-order valence-corrected chi connectivity index (χ1v) is 9.88. The Morgan fingerprint density at radius 3 is 2.30 bits per heavy atom. The van der Waals surface area contributed by atoms with Gasteiger partial charge in [0.25, 0.3) is 11.6 Å². The van der Waals surface area contributed by atoms with Gasteiger partial charge >= 0.3 is 6.18 Å². The number of hydrogen-bond acceptors (Lipinski definition) is 4. The molecule has 0 fully saturated rings. The van der Waals surface area contributed by atoms with Gasteiger partial charge in [-0.25, -0.2) is 0 Å². The van der Waals surface area contributed by atoms with Crippen molar-refractivity contribution in [1.29, 1.82) is 0 Å². The molecule has 0 saturated carbocycles. The maximum atomic E-state index is 13.7. The van der Waals surface area contributed by atoms with Crippen LogP contribution < -0.4 is 4.74 Å². The summed E-state index contributed by atoms with van der Waals surface area (Å²) >= 11 is 3.25. The number of aryl methyl sites for hydroxylation is 3. The van der Waals surface area contributed by atoms with Crippen molar-refractivity contribution in [3.8, 4) is 5.75 Å². The molecule has 3 rings (SSSR count). The van der Waals surface area contributed by atoms with Gasteiger partial charge in [-0.1, -0.05) is 45.8 Å². The Kier molecular flexibility index (Phi) is 5.97. The lowest BCUT2D eigenvalue weighted by molar-refractivity contribution is -0.302. The van der Waals surface area contributed by atoms with Crippen LogP contribution in [0.25, 0.3) is 0 Å². The van der Waals surface area contributed by atoms with Gasteiger partial charge in [0.05, 0.1) is 12.1 Å². The number of ether oxygens (including phenoxy) is 1. The van der Waals surface area contributed by atoms with Gasteiger partial charge in [0.1, 0.15) is 5.75 Å². The van der Waals surface area contributed by atoms with Crippen LogP contribution in [0, 0.1) is 20.8 Å². The first-order valence-electron chi connectivity index (χ1n) is 9.08. The molecule has 30 heavy (non-hydrogen) atoms. The summed E-state index contributed by atoms with van der Waals surface area (Å²) in [5, 5.41) is 14.3. The van der Waals surface area contributed by atoms with E-state index in [0.29, 0.717) is 11.3 Å². The van der Waals surface area contributed by atoms with Crippen LogP contribution >= 0.6 is 15.9 Å². The number of benzene rings is 2. The molecule has 0 saturated heterocycles. The number of nitrogens with zero attached hydrogens (tertiary/aromatic N) is 2. The molecule has 1 atom stereocenters. The second kappa shape index (κ2) is 8.03. The van der Waals surface area contributed by atoms with Crippen molar-refractivity contribution in [2.24, 2.45) is 5.10 Å². The molecule has 5 nitrogen and oxygen atoms in total. The van der Waals surface area contributed by atoms with E-state index in [1.54, 1.807) is 38.1 Å². The molecule has 0 aromatic heterocycles. The quantitative estimate of drug-likeness (QED) is 0.687. The largest absolute Gasteiger partial charge is 0.483 e. The maximum Gasteiger partial charge on any atom is 0.438 e. The summed E-state index contributed by atoms with van der Waals surface area (Å²) in [6.45, 7) is 4.78. The van der Waals surface area contributed by atoms with Gasteiger partial charge in [-0.2, -0.15) is 23.3 Å². The van der Waals surface area contributed by atoms with Crippen LogP contribution in [0.5, 0.6) is 5.75 Å². The SMILES string of the molecule is Cc1cc(C)c(OCC(=O)N2N=C(c3ccc(Br)cc3)C[C@]2(O)C(F)(F)F)c(C)c1. The van der Waals surface area contributed by atoms with Crippen LogP contribution in [0.15, 0.2) is 46.0 Å². The zero-order chi connectivity index (χ0) is 22.3. The van der Waals surface area contributed by atoms with Crippen LogP contribution in [0.1, 0.15) is 28.7 Å². The Balaban J connectivity index is 1.88. The highest BCUT2D eigenvalue weighted by atomic mass is 79.9. The van der Waals surface area contributed by atoms with Gasteiger partial charge in [0.2, 0.25) is 0 Å². The molecule has 1 aliphatic rings. The van der Waals surface area contributed by atoms with Gasteiger partial charge in [0, 0.05) is 4.47 Å². The number of hydrogen-bond donors (Lipinski definition) is 1. The highest BCUT2D eigenvalue weighted by molar-refractivity contribution is 9.10. The fourth-order valence-electron chi connectivity index (χ4n) is 3.42. The number of alkyl halides is 3. The van der Waals surface area contributed by atoms with E-state index < -0.39 is 30.8 Å². The molecule has 1 N–H and O–H groups in total. The third-order valence-corrected chi connectivity index (χ3v) is 5.33. The summed E-state index contributed by atoms with van der Waals surface area (Å²) in [5.74, 6) is -0.679. The van der Waals surface area contributed by atoms with Gasteiger partial charge in [-0.05, 0) is 49.6 Å². The van der Waals surface area contributed by atoms with Crippen molar-refractivity contribution < 1.29 is 27.8 Å². The molecule has 2 aromatic rings. The molecule has 0 spiro atoms. The maximum absolute atomic E-state index is 13.7. The fraction of sp³-hybridized carbons (Fsp3) is 0.333. The summed E-state index contributed by atoms with van der Waals surface area (Å²) in [6, 6.07) is 10.1. The predicted molar refractivity (Wildman–Crippen MR) is 109 cm³/mol. The highest BCUT2D eigenvalue weighted by Crippen LogP contribution is 2.41. The lowest BCUT2D eigenvalue weighted by atomic mass is 10.0. The van der Waals surface area contributed by atoms with E-state index in [0.717, 1.165) is 21.2 Å².